The number of H-pyrrole nitrogens is 2. The number of aromatic nitrogens is 2. The van der Waals surface area contributed by atoms with E-state index in [0.717, 1.165) is 16.7 Å². The minimum absolute atomic E-state index is 0.0122. The number of amides is 9. The Balaban J connectivity index is 1.31. The van der Waals surface area contributed by atoms with Gasteiger partial charge in [0.2, 0.25) is 47.3 Å². The molecule has 13 atom stereocenters. The third kappa shape index (κ3) is 13.7. The van der Waals surface area contributed by atoms with Crippen LogP contribution in [-0.2, 0) is 52.7 Å². The van der Waals surface area contributed by atoms with Gasteiger partial charge in [-0.2, -0.15) is 0 Å². The Morgan fingerprint density at radius 3 is 2.07 bits per heavy atom. The Kier molecular flexibility index (Phi) is 19.9. The highest BCUT2D eigenvalue weighted by atomic mass is 16.5. The number of aliphatic hydroxyl groups excluding tert-OH is 4. The number of hydrogen-bond acceptors (Lipinski definition) is 16. The fourth-order valence-electron chi connectivity index (χ4n) is 10.3. The molecule has 0 spiro atoms. The lowest BCUT2D eigenvalue weighted by Crippen LogP contribution is -2.63. The number of nitrogens with one attached hydrogen (secondary N) is 9. The standard InChI is InChI=1S/C55H72N12O15/c1-25(2)46(72)44-54(80)66-18-11-16-38(66)55(81)82-29(6)43(64-48(74)34(56)24-68)52(78)63-42(28(5)69)51(77)60-27(4)47(73)59-23-40(71)67-19-17-39(70)45(67)53(79)61-37(20-30-21-57-35-14-9-7-12-31(30)35)49(75)62-41(50(76)65-44)26(3)33-22-58-36-15-10-8-13-32(33)36/h7-10,12-15,20-22,25-29,34,38-39,41-46,57-58,68-70,72H,11,16-19,23-24,56H2,1-6H3,(H,59,73)(H,60,77)(H,61,79)(H,62,75)(H,63,78)(H,64,74)(H,65,76)/b37-20-/t26?,27?,28?,29?,34?,38?,39?,41?,42-,43?,44?,45?,46?/m0/s1. The van der Waals surface area contributed by atoms with Gasteiger partial charge in [0.25, 0.3) is 5.91 Å². The summed E-state index contributed by atoms with van der Waals surface area (Å²) in [5.41, 5.74) is 7.56. The third-order valence-electron chi connectivity index (χ3n) is 15.1. The summed E-state index contributed by atoms with van der Waals surface area (Å²) in [4.78, 5) is 151. The number of ether oxygens (including phenoxy) is 1. The lowest BCUT2D eigenvalue weighted by molar-refractivity contribution is -0.161. The van der Waals surface area contributed by atoms with Gasteiger partial charge in [-0.05, 0) is 69.7 Å². The molecule has 0 aliphatic carbocycles. The first kappa shape index (κ1) is 61.4. The summed E-state index contributed by atoms with van der Waals surface area (Å²) in [6, 6.07) is 0.954. The van der Waals surface area contributed by atoms with Crippen LogP contribution in [0.4, 0.5) is 0 Å². The van der Waals surface area contributed by atoms with Crippen molar-refractivity contribution in [3.63, 3.8) is 0 Å². The highest BCUT2D eigenvalue weighted by molar-refractivity contribution is 6.07. The molecule has 3 aliphatic heterocycles. The molecule has 27 nitrogen and oxygen atoms in total. The van der Waals surface area contributed by atoms with Crippen LogP contribution in [0.3, 0.4) is 0 Å². The Labute approximate surface area is 470 Å². The zero-order valence-electron chi connectivity index (χ0n) is 46.1. The molecule has 27 heteroatoms. The topological polar surface area (TPSA) is 409 Å². The summed E-state index contributed by atoms with van der Waals surface area (Å²) in [5, 5.41) is 62.0. The second kappa shape index (κ2) is 26.6. The van der Waals surface area contributed by atoms with E-state index in [1.165, 1.54) is 19.9 Å². The zero-order valence-corrected chi connectivity index (χ0v) is 46.1. The number of carbonyl (C=O) groups is 10. The lowest BCUT2D eigenvalue weighted by Gasteiger charge is -2.34. The Morgan fingerprint density at radius 1 is 0.768 bits per heavy atom. The van der Waals surface area contributed by atoms with Gasteiger partial charge in [0.15, 0.2) is 0 Å². The first-order chi connectivity index (χ1) is 38.9. The van der Waals surface area contributed by atoms with E-state index in [-0.39, 0.29) is 32.4 Å². The number of nitrogens with two attached hydrogens (primary N) is 1. The first-order valence-corrected chi connectivity index (χ1v) is 27.1. The van der Waals surface area contributed by atoms with Crippen molar-refractivity contribution < 1.29 is 73.1 Å². The highest BCUT2D eigenvalue weighted by Crippen LogP contribution is 2.30. The van der Waals surface area contributed by atoms with Crippen LogP contribution in [0, 0.1) is 5.92 Å². The number of carbonyl (C=O) groups excluding carboxylic acids is 10. The van der Waals surface area contributed by atoms with Gasteiger partial charge in [-0.15, -0.1) is 0 Å². The number of nitrogens with zero attached hydrogens (tertiary/aromatic N) is 2. The van der Waals surface area contributed by atoms with Crippen LogP contribution in [0.2, 0.25) is 0 Å². The molecular formula is C55H72N12O15. The first-order valence-electron chi connectivity index (χ1n) is 27.1. The molecule has 3 fully saturated rings. The fourth-order valence-corrected chi connectivity index (χ4v) is 10.3. The number of aliphatic hydroxyl groups is 4. The molecule has 442 valence electrons. The van der Waals surface area contributed by atoms with Gasteiger partial charge in [-0.25, -0.2) is 4.79 Å². The number of rotatable bonds is 9. The maximum Gasteiger partial charge on any atom is 0.329 e. The summed E-state index contributed by atoms with van der Waals surface area (Å²) >= 11 is 0. The number of fused-ring (bicyclic) bond motifs is 4. The smallest absolute Gasteiger partial charge is 0.329 e. The molecule has 15 N–H and O–H groups in total. The summed E-state index contributed by atoms with van der Waals surface area (Å²) in [6.07, 6.45) is -1.78. The van der Waals surface area contributed by atoms with Gasteiger partial charge in [-0.1, -0.05) is 57.2 Å². The summed E-state index contributed by atoms with van der Waals surface area (Å²) in [6.45, 7) is 6.42. The van der Waals surface area contributed by atoms with E-state index in [4.69, 9.17) is 10.5 Å². The molecule has 0 saturated carbocycles. The highest BCUT2D eigenvalue weighted by Gasteiger charge is 2.46. The van der Waals surface area contributed by atoms with Gasteiger partial charge < -0.3 is 87.9 Å². The van der Waals surface area contributed by atoms with Crippen LogP contribution in [-0.4, -0.2) is 198 Å². The molecule has 2 aromatic heterocycles. The van der Waals surface area contributed by atoms with E-state index < -0.39 is 163 Å². The number of esters is 1. The Morgan fingerprint density at radius 2 is 1.40 bits per heavy atom. The number of hydrogen-bond donors (Lipinski definition) is 14. The van der Waals surface area contributed by atoms with Gasteiger partial charge in [0.1, 0.15) is 60.1 Å². The largest absolute Gasteiger partial charge is 0.458 e. The maximum absolute atomic E-state index is 15.2. The molecule has 2 aromatic carbocycles. The average Bonchev–Trinajstić information content (AvgIpc) is 4.31. The Bertz CT molecular complexity index is 3100. The molecule has 0 bridgehead atoms. The fraction of sp³-hybridized carbons (Fsp3) is 0.491. The third-order valence-corrected chi connectivity index (χ3v) is 15.1. The number of aromatic amines is 2. The molecule has 7 rings (SSSR count). The quantitative estimate of drug-likeness (QED) is 0.0590. The molecule has 82 heavy (non-hydrogen) atoms. The van der Waals surface area contributed by atoms with Gasteiger partial charge in [0.05, 0.1) is 31.5 Å². The monoisotopic (exact) mass is 1140 g/mol. The summed E-state index contributed by atoms with van der Waals surface area (Å²) in [5.74, 6) is -12.0. The van der Waals surface area contributed by atoms with Crippen molar-refractivity contribution in [2.45, 2.75) is 139 Å². The normalized spacial score (nSPS) is 27.4. The van der Waals surface area contributed by atoms with Crippen molar-refractivity contribution in [3.05, 3.63) is 77.7 Å². The van der Waals surface area contributed by atoms with Gasteiger partial charge in [0, 0.05) is 58.8 Å². The molecule has 9 amide bonds. The minimum Gasteiger partial charge on any atom is -0.458 e. The predicted molar refractivity (Wildman–Crippen MR) is 293 cm³/mol. The van der Waals surface area contributed by atoms with E-state index in [2.05, 4.69) is 47.2 Å². The van der Waals surface area contributed by atoms with Crippen LogP contribution in [0.25, 0.3) is 27.9 Å². The minimum atomic E-state index is -1.89. The molecule has 4 aromatic rings. The van der Waals surface area contributed by atoms with Crippen molar-refractivity contribution in [2.24, 2.45) is 11.7 Å². The number of para-hydroxylation sites is 2. The van der Waals surface area contributed by atoms with Crippen molar-refractivity contribution in [1.29, 1.82) is 0 Å². The van der Waals surface area contributed by atoms with E-state index in [1.54, 1.807) is 81.7 Å². The average molecular weight is 1140 g/mol. The van der Waals surface area contributed by atoms with Gasteiger partial charge >= 0.3 is 5.97 Å². The van der Waals surface area contributed by atoms with E-state index >= 15 is 9.59 Å². The summed E-state index contributed by atoms with van der Waals surface area (Å²) < 4.78 is 5.75. The van der Waals surface area contributed by atoms with Crippen LogP contribution < -0.4 is 43.0 Å². The molecule has 12 unspecified atom stereocenters. The second-order valence-electron chi connectivity index (χ2n) is 21.3. The lowest BCUT2D eigenvalue weighted by atomic mass is 9.91. The van der Waals surface area contributed by atoms with Crippen LogP contribution in [0.15, 0.2) is 66.6 Å². The van der Waals surface area contributed by atoms with Crippen LogP contribution in [0.1, 0.15) is 77.8 Å². The maximum atomic E-state index is 15.2. The van der Waals surface area contributed by atoms with Gasteiger partial charge in [-0.3, -0.25) is 43.2 Å². The van der Waals surface area contributed by atoms with Crippen molar-refractivity contribution in [1.82, 2.24) is 57.0 Å². The number of benzene rings is 2. The molecular weight excluding hydrogens is 1070 g/mol. The number of cyclic esters (lactones) is 1. The van der Waals surface area contributed by atoms with E-state index in [9.17, 15) is 58.8 Å². The molecule has 3 aliphatic rings. The van der Waals surface area contributed by atoms with Crippen LogP contribution in [0.5, 0.6) is 0 Å². The molecule has 0 radical (unpaired) electrons. The summed E-state index contributed by atoms with van der Waals surface area (Å²) in [7, 11) is 0. The van der Waals surface area contributed by atoms with Crippen LogP contribution >= 0.6 is 0 Å². The molecule has 3 saturated heterocycles. The Hall–Kier alpha value is -8.24. The predicted octanol–water partition coefficient (Wildman–Crippen LogP) is -2.91. The van der Waals surface area contributed by atoms with Crippen molar-refractivity contribution in [3.8, 4) is 0 Å². The zero-order chi connectivity index (χ0) is 59.9. The molecule has 5 heterocycles. The van der Waals surface area contributed by atoms with Crippen molar-refractivity contribution >= 4 is 87.0 Å². The van der Waals surface area contributed by atoms with E-state index in [0.29, 0.717) is 32.9 Å². The SMILES string of the molecule is CC1NC(=O)[C@H](C(C)O)NC(=O)C(NC(=O)C(N)CO)C(C)OC(=O)C2CCCN2C(=O)C(C(O)C(C)C)NC(=O)C(C(C)c2c[nH]c3ccccc23)NC(=O)/C(=C/c2c[nH]c3ccccc23)NC(=O)C2C(O)CCN2C(=O)CNC1=O. The second-order valence-corrected chi connectivity index (χ2v) is 21.3. The van der Waals surface area contributed by atoms with E-state index in [1.807, 2.05) is 0 Å². The van der Waals surface area contributed by atoms with Crippen molar-refractivity contribution in [2.75, 3.05) is 26.2 Å².